The lowest BCUT2D eigenvalue weighted by Crippen LogP contribution is -2.41. The summed E-state index contributed by atoms with van der Waals surface area (Å²) >= 11 is 6.10. The highest BCUT2D eigenvalue weighted by atomic mass is 35.5. The van der Waals surface area contributed by atoms with E-state index >= 15 is 0 Å². The third-order valence-corrected chi connectivity index (χ3v) is 4.90. The number of carbonyl (C=O) groups excluding carboxylic acids is 2. The Hall–Kier alpha value is -3.05. The van der Waals surface area contributed by atoms with Crippen molar-refractivity contribution in [2.45, 2.75) is 25.2 Å². The van der Waals surface area contributed by atoms with E-state index in [0.717, 1.165) is 17.0 Å². The van der Waals surface area contributed by atoms with Gasteiger partial charge in [-0.05, 0) is 42.3 Å². The summed E-state index contributed by atoms with van der Waals surface area (Å²) in [7, 11) is 0. The van der Waals surface area contributed by atoms with Crippen molar-refractivity contribution in [1.29, 1.82) is 5.26 Å². The summed E-state index contributed by atoms with van der Waals surface area (Å²) < 4.78 is 39.0. The normalized spacial score (nSPS) is 19.5. The second-order valence-electron chi connectivity index (χ2n) is 6.44. The number of urea groups is 1. The summed E-state index contributed by atoms with van der Waals surface area (Å²) in [5, 5.41) is 11.5. The van der Waals surface area contributed by atoms with E-state index in [1.165, 1.54) is 37.3 Å². The fourth-order valence-electron chi connectivity index (χ4n) is 2.96. The maximum Gasteiger partial charge on any atom is 0.416 e. The van der Waals surface area contributed by atoms with E-state index in [9.17, 15) is 22.8 Å². The van der Waals surface area contributed by atoms with Crippen molar-refractivity contribution in [3.05, 3.63) is 69.7 Å². The lowest BCUT2D eigenvalue weighted by molar-refractivity contribution is -0.138. The Morgan fingerprint density at radius 1 is 1.21 bits per heavy atom. The molecular formula is C19H13ClF3N3O2. The van der Waals surface area contributed by atoms with Crippen molar-refractivity contribution in [2.24, 2.45) is 0 Å². The van der Waals surface area contributed by atoms with E-state index < -0.39 is 29.2 Å². The third kappa shape index (κ3) is 3.41. The SMILES string of the molecule is CC1(c2cccc(C(F)(F)F)c2)NC(=O)N(Cc2ccc(C#N)cc2Cl)C1=O. The highest BCUT2D eigenvalue weighted by Crippen LogP contribution is 2.35. The smallest absolute Gasteiger partial charge is 0.319 e. The fourth-order valence-corrected chi connectivity index (χ4v) is 3.20. The highest BCUT2D eigenvalue weighted by Gasteiger charge is 2.49. The van der Waals surface area contributed by atoms with E-state index in [1.54, 1.807) is 0 Å². The summed E-state index contributed by atoms with van der Waals surface area (Å²) in [5.41, 5.74) is -1.79. The number of nitrogens with zero attached hydrogens (tertiary/aromatic N) is 2. The molecule has 1 aliphatic heterocycles. The molecule has 0 saturated carbocycles. The molecule has 1 N–H and O–H groups in total. The monoisotopic (exact) mass is 407 g/mol. The van der Waals surface area contributed by atoms with Gasteiger partial charge in [-0.3, -0.25) is 9.69 Å². The molecule has 1 fully saturated rings. The van der Waals surface area contributed by atoms with Gasteiger partial charge in [0.2, 0.25) is 0 Å². The van der Waals surface area contributed by atoms with Crippen molar-refractivity contribution >= 4 is 23.5 Å². The molecule has 9 heteroatoms. The van der Waals surface area contributed by atoms with Crippen LogP contribution in [0.2, 0.25) is 5.02 Å². The number of rotatable bonds is 3. The van der Waals surface area contributed by atoms with Crippen LogP contribution >= 0.6 is 11.6 Å². The molecule has 0 aromatic heterocycles. The number of halogens is 4. The molecule has 28 heavy (non-hydrogen) atoms. The molecule has 3 rings (SSSR count). The van der Waals surface area contributed by atoms with Gasteiger partial charge in [0.15, 0.2) is 0 Å². The predicted molar refractivity (Wildman–Crippen MR) is 94.0 cm³/mol. The lowest BCUT2D eigenvalue weighted by Gasteiger charge is -2.23. The molecule has 0 radical (unpaired) electrons. The van der Waals surface area contributed by atoms with Crippen LogP contribution in [0.1, 0.15) is 29.2 Å². The Bertz CT molecular complexity index is 1020. The molecule has 3 amide bonds. The molecule has 1 heterocycles. The minimum atomic E-state index is -4.58. The summed E-state index contributed by atoms with van der Waals surface area (Å²) in [5.74, 6) is -0.697. The molecule has 0 spiro atoms. The first-order valence-electron chi connectivity index (χ1n) is 8.06. The van der Waals surface area contributed by atoms with Crippen LogP contribution in [0, 0.1) is 11.3 Å². The maximum atomic E-state index is 13.0. The van der Waals surface area contributed by atoms with Gasteiger partial charge in [0.05, 0.1) is 23.7 Å². The van der Waals surface area contributed by atoms with Crippen LogP contribution in [-0.2, 0) is 23.1 Å². The number of carbonyl (C=O) groups is 2. The molecule has 1 aliphatic rings. The van der Waals surface area contributed by atoms with E-state index in [-0.39, 0.29) is 17.1 Å². The van der Waals surface area contributed by atoms with Gasteiger partial charge in [-0.1, -0.05) is 29.8 Å². The van der Waals surface area contributed by atoms with Crippen molar-refractivity contribution in [3.8, 4) is 6.07 Å². The zero-order valence-electron chi connectivity index (χ0n) is 14.5. The molecular weight excluding hydrogens is 395 g/mol. The van der Waals surface area contributed by atoms with Gasteiger partial charge in [-0.2, -0.15) is 18.4 Å². The van der Waals surface area contributed by atoms with Gasteiger partial charge in [-0.25, -0.2) is 4.79 Å². The Morgan fingerprint density at radius 2 is 1.93 bits per heavy atom. The molecule has 2 aromatic carbocycles. The highest BCUT2D eigenvalue weighted by molar-refractivity contribution is 6.31. The average molecular weight is 408 g/mol. The Labute approximate surface area is 163 Å². The van der Waals surface area contributed by atoms with Crippen LogP contribution < -0.4 is 5.32 Å². The summed E-state index contributed by atoms with van der Waals surface area (Å²) in [6, 6.07) is 9.86. The van der Waals surface area contributed by atoms with Gasteiger partial charge >= 0.3 is 12.2 Å². The largest absolute Gasteiger partial charge is 0.416 e. The van der Waals surface area contributed by atoms with Crippen LogP contribution in [0.3, 0.4) is 0 Å². The minimum absolute atomic E-state index is 0.0223. The van der Waals surface area contributed by atoms with E-state index in [0.29, 0.717) is 11.1 Å². The van der Waals surface area contributed by atoms with Crippen LogP contribution in [0.15, 0.2) is 42.5 Å². The Kier molecular flexibility index (Phi) is 4.81. The van der Waals surface area contributed by atoms with Gasteiger partial charge in [0.25, 0.3) is 5.91 Å². The second kappa shape index (κ2) is 6.84. The molecule has 1 saturated heterocycles. The zero-order valence-corrected chi connectivity index (χ0v) is 15.2. The number of imide groups is 1. The summed E-state index contributed by atoms with van der Waals surface area (Å²) in [4.78, 5) is 26.2. The number of nitrogens with one attached hydrogen (secondary N) is 1. The van der Waals surface area contributed by atoms with E-state index in [1.807, 2.05) is 6.07 Å². The van der Waals surface area contributed by atoms with Crippen LogP contribution in [-0.4, -0.2) is 16.8 Å². The van der Waals surface area contributed by atoms with Gasteiger partial charge < -0.3 is 5.32 Å². The van der Waals surface area contributed by atoms with Gasteiger partial charge in [-0.15, -0.1) is 0 Å². The quantitative estimate of drug-likeness (QED) is 0.775. The van der Waals surface area contributed by atoms with Crippen molar-refractivity contribution in [1.82, 2.24) is 10.2 Å². The van der Waals surface area contributed by atoms with E-state index in [4.69, 9.17) is 16.9 Å². The summed E-state index contributed by atoms with van der Waals surface area (Å²) in [6.45, 7) is 1.17. The molecule has 0 aliphatic carbocycles. The first kappa shape index (κ1) is 19.7. The van der Waals surface area contributed by atoms with Crippen molar-refractivity contribution in [3.63, 3.8) is 0 Å². The van der Waals surface area contributed by atoms with E-state index in [2.05, 4.69) is 5.32 Å². The zero-order chi connectivity index (χ0) is 20.7. The van der Waals surface area contributed by atoms with Gasteiger partial charge in [0.1, 0.15) is 5.54 Å². The second-order valence-corrected chi connectivity index (χ2v) is 6.85. The summed E-state index contributed by atoms with van der Waals surface area (Å²) in [6.07, 6.45) is -4.58. The molecule has 5 nitrogen and oxygen atoms in total. The molecule has 1 unspecified atom stereocenters. The topological polar surface area (TPSA) is 73.2 Å². The third-order valence-electron chi connectivity index (χ3n) is 4.55. The number of benzene rings is 2. The number of alkyl halides is 3. The number of amides is 3. The number of hydrogen-bond acceptors (Lipinski definition) is 3. The lowest BCUT2D eigenvalue weighted by atomic mass is 9.90. The minimum Gasteiger partial charge on any atom is -0.319 e. The first-order chi connectivity index (χ1) is 13.1. The van der Waals surface area contributed by atoms with Crippen LogP contribution in [0.5, 0.6) is 0 Å². The predicted octanol–water partition coefficient (Wildman–Crippen LogP) is 4.20. The first-order valence-corrected chi connectivity index (χ1v) is 8.44. The van der Waals surface area contributed by atoms with Crippen LogP contribution in [0.4, 0.5) is 18.0 Å². The average Bonchev–Trinajstić information content (AvgIpc) is 2.86. The fraction of sp³-hybridized carbons (Fsp3) is 0.211. The van der Waals surface area contributed by atoms with Crippen molar-refractivity contribution in [2.75, 3.05) is 0 Å². The van der Waals surface area contributed by atoms with Gasteiger partial charge in [0, 0.05) is 5.02 Å². The Balaban J connectivity index is 1.92. The number of nitriles is 1. The molecule has 2 aromatic rings. The maximum absolute atomic E-state index is 13.0. The Morgan fingerprint density at radius 3 is 2.54 bits per heavy atom. The van der Waals surface area contributed by atoms with Crippen LogP contribution in [0.25, 0.3) is 0 Å². The van der Waals surface area contributed by atoms with Crippen molar-refractivity contribution < 1.29 is 22.8 Å². The number of hydrogen-bond donors (Lipinski definition) is 1. The standard InChI is InChI=1S/C19H13ClF3N3O2/c1-18(13-3-2-4-14(8-13)19(21,22)23)16(27)26(17(28)25-18)10-12-6-5-11(9-24)7-15(12)20/h2-8H,10H2,1H3,(H,25,28). The molecule has 144 valence electrons. The molecule has 0 bridgehead atoms. The molecule has 1 atom stereocenters.